The van der Waals surface area contributed by atoms with Crippen molar-refractivity contribution in [1.82, 2.24) is 0 Å². The summed E-state index contributed by atoms with van der Waals surface area (Å²) in [4.78, 5) is 6.17. The zero-order valence-corrected chi connectivity index (χ0v) is 15.5. The Balaban J connectivity index is 1.88. The predicted octanol–water partition coefficient (Wildman–Crippen LogP) is 5.85. The maximum absolute atomic E-state index is 5.85. The van der Waals surface area contributed by atoms with Crippen LogP contribution in [0.25, 0.3) is 0 Å². The molecule has 124 valence electrons. The van der Waals surface area contributed by atoms with Gasteiger partial charge in [-0.1, -0.05) is 49.2 Å². The molecule has 3 aliphatic rings. The van der Waals surface area contributed by atoms with Crippen LogP contribution in [-0.2, 0) is 9.47 Å². The molecule has 0 fully saturated rings. The molecule has 0 saturated heterocycles. The summed E-state index contributed by atoms with van der Waals surface area (Å²) in [5.41, 5.74) is 0. The van der Waals surface area contributed by atoms with Crippen LogP contribution in [-0.4, -0.2) is 26.4 Å². The number of allylic oxidation sites excluding steroid dienone is 2. The van der Waals surface area contributed by atoms with Crippen LogP contribution in [0.4, 0.5) is 0 Å². The van der Waals surface area contributed by atoms with E-state index in [1.54, 1.807) is 9.81 Å². The van der Waals surface area contributed by atoms with E-state index >= 15 is 0 Å². The van der Waals surface area contributed by atoms with Gasteiger partial charge in [-0.2, -0.15) is 0 Å². The van der Waals surface area contributed by atoms with E-state index in [9.17, 15) is 0 Å². The van der Waals surface area contributed by atoms with Gasteiger partial charge in [-0.05, 0) is 38.5 Å². The molecule has 2 nitrogen and oxygen atoms in total. The molecule has 0 bridgehead atoms. The molecule has 0 aromatic heterocycles. The molecule has 2 unspecified atom stereocenters. The summed E-state index contributed by atoms with van der Waals surface area (Å²) < 4.78 is 11.7. The fraction of sp³-hybridized carbons (Fsp3) is 0.778. The third-order valence-corrected chi connectivity index (χ3v) is 7.97. The van der Waals surface area contributed by atoms with Gasteiger partial charge in [0.2, 0.25) is 0 Å². The van der Waals surface area contributed by atoms with Gasteiger partial charge in [-0.15, -0.1) is 0 Å². The summed E-state index contributed by atoms with van der Waals surface area (Å²) in [6.07, 6.45) is 13.3. The maximum Gasteiger partial charge on any atom is 0.0890 e. The lowest BCUT2D eigenvalue weighted by Gasteiger charge is -2.34. The normalized spacial score (nSPS) is 30.8. The SMILES string of the molecule is COC1CCCCCC2=C1SC1=C(CCCCCC1OC)S2. The molecule has 0 amide bonds. The van der Waals surface area contributed by atoms with Gasteiger partial charge in [0, 0.05) is 33.8 Å². The third kappa shape index (κ3) is 3.77. The van der Waals surface area contributed by atoms with Crippen molar-refractivity contribution in [1.29, 1.82) is 0 Å². The van der Waals surface area contributed by atoms with E-state index in [4.69, 9.17) is 9.47 Å². The second-order valence-electron chi connectivity index (χ2n) is 6.43. The van der Waals surface area contributed by atoms with Crippen LogP contribution in [0.2, 0.25) is 0 Å². The second-order valence-corrected chi connectivity index (χ2v) is 8.70. The first-order valence-corrected chi connectivity index (χ1v) is 10.3. The molecule has 1 heterocycles. The highest BCUT2D eigenvalue weighted by atomic mass is 32.2. The van der Waals surface area contributed by atoms with Crippen molar-refractivity contribution >= 4 is 23.5 Å². The van der Waals surface area contributed by atoms with Gasteiger partial charge in [0.05, 0.1) is 12.2 Å². The van der Waals surface area contributed by atoms with Crippen molar-refractivity contribution in [3.8, 4) is 0 Å². The molecule has 22 heavy (non-hydrogen) atoms. The zero-order valence-electron chi connectivity index (χ0n) is 13.9. The highest BCUT2D eigenvalue weighted by Crippen LogP contribution is 2.53. The molecule has 2 aliphatic carbocycles. The lowest BCUT2D eigenvalue weighted by atomic mass is 10.0. The molecule has 0 saturated carbocycles. The minimum absolute atomic E-state index is 0.296. The van der Waals surface area contributed by atoms with Crippen LogP contribution in [0.5, 0.6) is 0 Å². The van der Waals surface area contributed by atoms with Crippen LogP contribution >= 0.6 is 23.5 Å². The molecule has 0 radical (unpaired) electrons. The van der Waals surface area contributed by atoms with E-state index in [0.29, 0.717) is 12.2 Å². The van der Waals surface area contributed by atoms with Crippen LogP contribution in [0, 0.1) is 0 Å². The van der Waals surface area contributed by atoms with Gasteiger partial charge < -0.3 is 9.47 Å². The summed E-state index contributed by atoms with van der Waals surface area (Å²) in [7, 11) is 3.75. The number of methoxy groups -OCH3 is 2. The number of thioether (sulfide) groups is 2. The van der Waals surface area contributed by atoms with Gasteiger partial charge in [-0.25, -0.2) is 0 Å². The smallest absolute Gasteiger partial charge is 0.0890 e. The first-order valence-electron chi connectivity index (χ1n) is 8.71. The van der Waals surface area contributed by atoms with Crippen molar-refractivity contribution in [3.05, 3.63) is 19.6 Å². The van der Waals surface area contributed by atoms with E-state index in [0.717, 1.165) is 0 Å². The zero-order chi connectivity index (χ0) is 15.4. The van der Waals surface area contributed by atoms with E-state index in [2.05, 4.69) is 11.8 Å². The molecule has 0 spiro atoms. The largest absolute Gasteiger partial charge is 0.376 e. The van der Waals surface area contributed by atoms with E-state index in [1.165, 1.54) is 74.0 Å². The van der Waals surface area contributed by atoms with Gasteiger partial charge in [0.25, 0.3) is 0 Å². The lowest BCUT2D eigenvalue weighted by molar-refractivity contribution is 0.123. The summed E-state index contributed by atoms with van der Waals surface area (Å²) in [6, 6.07) is 0. The number of hydrogen-bond donors (Lipinski definition) is 0. The van der Waals surface area contributed by atoms with Crippen molar-refractivity contribution in [2.24, 2.45) is 0 Å². The topological polar surface area (TPSA) is 18.5 Å². The van der Waals surface area contributed by atoms with Gasteiger partial charge in [-0.3, -0.25) is 0 Å². The average Bonchev–Trinajstić information content (AvgIpc) is 2.50. The molecule has 0 aromatic rings. The van der Waals surface area contributed by atoms with Gasteiger partial charge in [0.15, 0.2) is 0 Å². The summed E-state index contributed by atoms with van der Waals surface area (Å²) in [5.74, 6) is 0. The Bertz CT molecular complexity index is 416. The summed E-state index contributed by atoms with van der Waals surface area (Å²) in [5, 5.41) is 0. The highest BCUT2D eigenvalue weighted by molar-refractivity contribution is 8.13. The minimum Gasteiger partial charge on any atom is -0.376 e. The summed E-state index contributed by atoms with van der Waals surface area (Å²) in [6.45, 7) is 0. The van der Waals surface area contributed by atoms with E-state index < -0.39 is 0 Å². The van der Waals surface area contributed by atoms with Crippen molar-refractivity contribution in [2.75, 3.05) is 14.2 Å². The molecule has 4 heteroatoms. The standard InChI is InChI=1S/C18H28O2S2/c1-19-13-9-5-3-7-11-15-17(13)22-18-14(20-2)10-6-4-8-12-16(18)21-15/h13-14H,3-12H2,1-2H3. The van der Waals surface area contributed by atoms with Crippen LogP contribution in [0.1, 0.15) is 64.2 Å². The average molecular weight is 341 g/mol. The van der Waals surface area contributed by atoms with Crippen LogP contribution in [0.3, 0.4) is 0 Å². The van der Waals surface area contributed by atoms with Gasteiger partial charge >= 0.3 is 0 Å². The lowest BCUT2D eigenvalue weighted by Crippen LogP contribution is -2.22. The minimum atomic E-state index is 0.296. The van der Waals surface area contributed by atoms with Crippen molar-refractivity contribution < 1.29 is 9.47 Å². The fourth-order valence-electron chi connectivity index (χ4n) is 3.62. The van der Waals surface area contributed by atoms with Crippen molar-refractivity contribution in [3.63, 3.8) is 0 Å². The molecular formula is C18H28O2S2. The number of rotatable bonds is 2. The Morgan fingerprint density at radius 2 is 1.18 bits per heavy atom. The quantitative estimate of drug-likeness (QED) is 0.627. The Morgan fingerprint density at radius 3 is 1.64 bits per heavy atom. The molecule has 1 aliphatic heterocycles. The molecule has 0 aromatic carbocycles. The number of hydrogen-bond acceptors (Lipinski definition) is 4. The molecular weight excluding hydrogens is 312 g/mol. The Morgan fingerprint density at radius 1 is 0.682 bits per heavy atom. The maximum atomic E-state index is 5.85. The Labute approximate surface area is 143 Å². The Kier molecular flexibility index (Phi) is 6.37. The number of ether oxygens (including phenoxy) is 2. The van der Waals surface area contributed by atoms with Crippen LogP contribution < -0.4 is 0 Å². The molecule has 3 rings (SSSR count). The first kappa shape index (κ1) is 16.9. The van der Waals surface area contributed by atoms with Crippen LogP contribution in [0.15, 0.2) is 19.6 Å². The van der Waals surface area contributed by atoms with Crippen molar-refractivity contribution in [2.45, 2.75) is 76.4 Å². The summed E-state index contributed by atoms with van der Waals surface area (Å²) >= 11 is 4.06. The van der Waals surface area contributed by atoms with E-state index in [-0.39, 0.29) is 0 Å². The second kappa shape index (κ2) is 8.27. The van der Waals surface area contributed by atoms with E-state index in [1.807, 2.05) is 26.0 Å². The molecule has 2 atom stereocenters. The van der Waals surface area contributed by atoms with Gasteiger partial charge in [0.1, 0.15) is 0 Å². The fourth-order valence-corrected chi connectivity index (χ4v) is 6.73. The predicted molar refractivity (Wildman–Crippen MR) is 97.0 cm³/mol. The first-order chi connectivity index (χ1) is 10.8. The Hall–Kier alpha value is 0.1000. The molecule has 0 N–H and O–H groups in total. The third-order valence-electron chi connectivity index (χ3n) is 4.91. The monoisotopic (exact) mass is 340 g/mol. The highest BCUT2D eigenvalue weighted by Gasteiger charge is 2.32.